The molecule has 0 amide bonds. The average molecular weight is 817 g/mol. The maximum atomic E-state index is 12.2. The monoisotopic (exact) mass is 816 g/mol. The highest BCUT2D eigenvalue weighted by Gasteiger charge is 2.20. The number of hydrogen-bond donors (Lipinski definition) is 2. The lowest BCUT2D eigenvalue weighted by Gasteiger charge is -2.33. The summed E-state index contributed by atoms with van der Waals surface area (Å²) in [6.45, 7) is 9.95. The maximum Gasteiger partial charge on any atom is 0.394 e. The second kappa shape index (κ2) is 25.3. The van der Waals surface area contributed by atoms with E-state index >= 15 is 0 Å². The Balaban J connectivity index is 0.000000226. The Bertz CT molecular complexity index is 1430. The zero-order valence-corrected chi connectivity index (χ0v) is 35.2. The summed E-state index contributed by atoms with van der Waals surface area (Å²) in [6, 6.07) is 16.1. The van der Waals surface area contributed by atoms with Crippen LogP contribution in [0, 0.1) is 0 Å². The van der Waals surface area contributed by atoms with Gasteiger partial charge in [0.25, 0.3) is 0 Å². The van der Waals surface area contributed by atoms with Gasteiger partial charge in [-0.1, -0.05) is 25.7 Å². The predicted molar refractivity (Wildman–Crippen MR) is 222 cm³/mol. The van der Waals surface area contributed by atoms with Crippen LogP contribution in [0.4, 0.5) is 0 Å². The third-order valence-corrected chi connectivity index (χ3v) is 11.4. The van der Waals surface area contributed by atoms with Crippen molar-refractivity contribution in [1.82, 2.24) is 9.80 Å². The molecule has 13 heteroatoms. The van der Waals surface area contributed by atoms with Crippen LogP contribution in [0.3, 0.4) is 0 Å². The fraction of sp³-hybridized carbons (Fsp3) is 0.682. The van der Waals surface area contributed by atoms with Crippen LogP contribution in [-0.2, 0) is 19.9 Å². The lowest BCUT2D eigenvalue weighted by molar-refractivity contribution is 0.0466. The molecule has 2 aromatic rings. The summed E-state index contributed by atoms with van der Waals surface area (Å²) in [5.74, 6) is 1.24. The number of ether oxygens (including phenoxy) is 4. The van der Waals surface area contributed by atoms with Gasteiger partial charge in [0, 0.05) is 25.2 Å². The number of nitrogens with zero attached hydrogens (tertiary/aromatic N) is 2. The Morgan fingerprint density at radius 1 is 0.561 bits per heavy atom. The van der Waals surface area contributed by atoms with Crippen molar-refractivity contribution < 1.29 is 46.1 Å². The molecule has 2 aromatic carbocycles. The number of rotatable bonds is 14. The molecule has 2 heterocycles. The smallest absolute Gasteiger partial charge is 0.394 e. The Hall–Kier alpha value is -3.23. The summed E-state index contributed by atoms with van der Waals surface area (Å²) in [7, 11) is -4.67. The van der Waals surface area contributed by atoms with E-state index in [9.17, 15) is 9.59 Å². The number of hydrogen-bond acceptors (Lipinski definition) is 10. The van der Waals surface area contributed by atoms with Gasteiger partial charge < -0.3 is 28.7 Å². The van der Waals surface area contributed by atoms with Crippen molar-refractivity contribution in [2.45, 2.75) is 154 Å². The second-order valence-electron chi connectivity index (χ2n) is 16.0. The summed E-state index contributed by atoms with van der Waals surface area (Å²) in [5.41, 5.74) is 1.21. The molecule has 4 aliphatic rings. The normalized spacial score (nSPS) is 21.2. The molecule has 0 aromatic heterocycles. The van der Waals surface area contributed by atoms with Crippen molar-refractivity contribution in [3.05, 3.63) is 59.7 Å². The average Bonchev–Trinajstić information content (AvgIpc) is 3.20. The number of likely N-dealkylation sites (tertiary alicyclic amines) is 2. The molecular weight excluding hydrogens is 749 g/mol. The van der Waals surface area contributed by atoms with Crippen LogP contribution >= 0.6 is 0 Å². The molecule has 6 rings (SSSR count). The van der Waals surface area contributed by atoms with E-state index < -0.39 is 10.4 Å². The molecule has 2 aliphatic heterocycles. The Labute approximate surface area is 341 Å². The lowest BCUT2D eigenvalue weighted by Crippen LogP contribution is -2.38. The number of esters is 2. The molecule has 2 unspecified atom stereocenters. The SMILES string of the molecule is CC1CCCCN1CCCOC(=O)c1ccc(OC2CCCCC2)cc1.CC1CCCCN1CCCOC(=O)c1ccc(OC2CCCCC2)cc1.O=S(=O)(O)O. The molecule has 2 saturated heterocycles. The first kappa shape index (κ1) is 46.5. The van der Waals surface area contributed by atoms with E-state index in [1.807, 2.05) is 48.5 Å². The van der Waals surface area contributed by atoms with Gasteiger partial charge in [-0.3, -0.25) is 9.11 Å². The van der Waals surface area contributed by atoms with E-state index in [-0.39, 0.29) is 11.9 Å². The van der Waals surface area contributed by atoms with E-state index in [0.29, 0.717) is 48.6 Å². The van der Waals surface area contributed by atoms with E-state index in [4.69, 9.17) is 36.5 Å². The zero-order chi connectivity index (χ0) is 40.9. The van der Waals surface area contributed by atoms with Crippen LogP contribution in [0.25, 0.3) is 0 Å². The summed E-state index contributed by atoms with van der Waals surface area (Å²) < 4.78 is 54.5. The molecule has 0 spiro atoms. The van der Waals surface area contributed by atoms with Gasteiger partial charge >= 0.3 is 22.3 Å². The van der Waals surface area contributed by atoms with Gasteiger partial charge in [0.2, 0.25) is 0 Å². The Morgan fingerprint density at radius 3 is 1.23 bits per heavy atom. The van der Waals surface area contributed by atoms with Crippen molar-refractivity contribution >= 4 is 22.3 Å². The standard InChI is InChI=1S/2C22H33NO3.H2O4S/c2*1-18-8-5-6-15-23(18)16-7-17-25-22(24)19-11-13-21(14-12-19)26-20-9-3-2-4-10-20;1-5(2,3)4/h2*11-14,18,20H,2-10,15-17H2,1H3;(H2,1,2,3,4). The summed E-state index contributed by atoms with van der Waals surface area (Å²) in [6.07, 6.45) is 22.5. The van der Waals surface area contributed by atoms with Crippen LogP contribution in [0.15, 0.2) is 48.5 Å². The highest BCUT2D eigenvalue weighted by atomic mass is 32.3. The van der Waals surface area contributed by atoms with Crippen LogP contribution in [-0.4, -0.2) is 103 Å². The van der Waals surface area contributed by atoms with Crippen molar-refractivity contribution in [1.29, 1.82) is 0 Å². The van der Waals surface area contributed by atoms with E-state index in [0.717, 1.165) is 63.1 Å². The first-order valence-corrected chi connectivity index (χ1v) is 22.9. The van der Waals surface area contributed by atoms with Gasteiger partial charge in [0.05, 0.1) is 36.5 Å². The second-order valence-corrected chi connectivity index (χ2v) is 16.9. The highest BCUT2D eigenvalue weighted by Crippen LogP contribution is 2.25. The summed E-state index contributed by atoms with van der Waals surface area (Å²) in [4.78, 5) is 29.4. The molecule has 2 saturated carbocycles. The van der Waals surface area contributed by atoms with Crippen molar-refractivity contribution in [3.63, 3.8) is 0 Å². The number of benzene rings is 2. The molecule has 2 N–H and O–H groups in total. The highest BCUT2D eigenvalue weighted by molar-refractivity contribution is 7.79. The molecule has 2 atom stereocenters. The molecule has 4 fully saturated rings. The minimum absolute atomic E-state index is 0.235. The van der Waals surface area contributed by atoms with Gasteiger partial charge in [-0.25, -0.2) is 9.59 Å². The van der Waals surface area contributed by atoms with E-state index in [1.165, 1.54) is 90.1 Å². The number of carbonyl (C=O) groups is 2. The topological polar surface area (TPSA) is 152 Å². The molecule has 320 valence electrons. The molecule has 12 nitrogen and oxygen atoms in total. The molecule has 0 bridgehead atoms. The first-order valence-electron chi connectivity index (χ1n) is 21.5. The number of carbonyl (C=O) groups excluding carboxylic acids is 2. The third-order valence-electron chi connectivity index (χ3n) is 11.4. The fourth-order valence-electron chi connectivity index (χ4n) is 8.10. The summed E-state index contributed by atoms with van der Waals surface area (Å²) >= 11 is 0. The maximum absolute atomic E-state index is 12.2. The van der Waals surface area contributed by atoms with Gasteiger partial charge in [-0.15, -0.1) is 0 Å². The first-order chi connectivity index (χ1) is 27.4. The van der Waals surface area contributed by atoms with Crippen LogP contribution in [0.5, 0.6) is 11.5 Å². The van der Waals surface area contributed by atoms with Crippen molar-refractivity contribution in [2.24, 2.45) is 0 Å². The quantitative estimate of drug-likeness (QED) is 0.106. The minimum Gasteiger partial charge on any atom is -0.490 e. The minimum atomic E-state index is -4.67. The van der Waals surface area contributed by atoms with Crippen LogP contribution in [0.2, 0.25) is 0 Å². The largest absolute Gasteiger partial charge is 0.490 e. The van der Waals surface area contributed by atoms with Gasteiger partial charge in [-0.2, -0.15) is 8.42 Å². The van der Waals surface area contributed by atoms with Gasteiger partial charge in [0.15, 0.2) is 0 Å². The molecular formula is C44H68N2O10S. The van der Waals surface area contributed by atoms with Gasteiger partial charge in [-0.05, 0) is 165 Å². The van der Waals surface area contributed by atoms with E-state index in [2.05, 4.69) is 23.6 Å². The molecule has 0 radical (unpaired) electrons. The lowest BCUT2D eigenvalue weighted by atomic mass is 9.98. The summed E-state index contributed by atoms with van der Waals surface area (Å²) in [5, 5.41) is 0. The zero-order valence-electron chi connectivity index (χ0n) is 34.4. The Morgan fingerprint density at radius 2 is 0.895 bits per heavy atom. The third kappa shape index (κ3) is 18.9. The fourth-order valence-corrected chi connectivity index (χ4v) is 8.10. The molecule has 57 heavy (non-hydrogen) atoms. The Kier molecular flexibility index (Phi) is 20.6. The number of piperidine rings is 2. The predicted octanol–water partition coefficient (Wildman–Crippen LogP) is 8.99. The van der Waals surface area contributed by atoms with Crippen molar-refractivity contribution in [2.75, 3.05) is 39.4 Å². The van der Waals surface area contributed by atoms with Gasteiger partial charge in [0.1, 0.15) is 11.5 Å². The van der Waals surface area contributed by atoms with Crippen LogP contribution < -0.4 is 9.47 Å². The van der Waals surface area contributed by atoms with Crippen LogP contribution in [0.1, 0.15) is 150 Å². The van der Waals surface area contributed by atoms with E-state index in [1.54, 1.807) is 0 Å². The van der Waals surface area contributed by atoms with Crippen molar-refractivity contribution in [3.8, 4) is 11.5 Å². The molecule has 2 aliphatic carbocycles.